The Kier molecular flexibility index (Phi) is 4.70. The van der Waals surface area contributed by atoms with E-state index in [2.05, 4.69) is 38.4 Å². The molecule has 0 bridgehead atoms. The van der Waals surface area contributed by atoms with Gasteiger partial charge in [-0.1, -0.05) is 76.6 Å². The summed E-state index contributed by atoms with van der Waals surface area (Å²) in [5, 5.41) is 4.57. The lowest BCUT2D eigenvalue weighted by Crippen LogP contribution is -2.43. The number of hydrogen-bond donors (Lipinski definition) is 2. The number of fused-ring (bicyclic) bond motifs is 1. The van der Waals surface area contributed by atoms with Crippen LogP contribution in [0, 0.1) is 0 Å². The molecule has 1 saturated heterocycles. The van der Waals surface area contributed by atoms with Crippen LogP contribution in [0.25, 0.3) is 10.9 Å². The monoisotopic (exact) mass is 446 g/mol. The third-order valence-corrected chi connectivity index (χ3v) is 5.89. The summed E-state index contributed by atoms with van der Waals surface area (Å²) in [5.74, 6) is -0.271. The predicted molar refractivity (Wildman–Crippen MR) is 116 cm³/mol. The van der Waals surface area contributed by atoms with Gasteiger partial charge in [-0.15, -0.1) is 0 Å². The summed E-state index contributed by atoms with van der Waals surface area (Å²) in [5.41, 5.74) is 3.93. The quantitative estimate of drug-likeness (QED) is 0.402. The number of rotatable bonds is 3. The van der Waals surface area contributed by atoms with Gasteiger partial charge in [-0.25, -0.2) is 4.79 Å². The van der Waals surface area contributed by atoms with Crippen LogP contribution in [0.5, 0.6) is 0 Å². The number of nitrogens with one attached hydrogen (secondary N) is 2. The van der Waals surface area contributed by atoms with Gasteiger partial charge < -0.3 is 9.72 Å². The van der Waals surface area contributed by atoms with Crippen LogP contribution < -0.4 is 5.32 Å². The second-order valence-electron chi connectivity index (χ2n) is 7.19. The summed E-state index contributed by atoms with van der Waals surface area (Å²) in [6, 6.07) is 25.3. The van der Waals surface area contributed by atoms with Crippen molar-refractivity contribution < 1.29 is 9.53 Å². The molecule has 4 aromatic rings. The number of esters is 1. The lowest BCUT2D eigenvalue weighted by atomic mass is 9.91. The number of carbonyl (C=O) groups is 1. The van der Waals surface area contributed by atoms with Gasteiger partial charge in [0.15, 0.2) is 0 Å². The summed E-state index contributed by atoms with van der Waals surface area (Å²) in [4.78, 5) is 16.3. The molecule has 2 heterocycles. The summed E-state index contributed by atoms with van der Waals surface area (Å²) < 4.78 is 7.00. The molecule has 4 nitrogen and oxygen atoms in total. The first kappa shape index (κ1) is 18.2. The molecule has 1 aliphatic heterocycles. The first-order chi connectivity index (χ1) is 14.2. The van der Waals surface area contributed by atoms with E-state index in [1.807, 2.05) is 72.9 Å². The molecule has 5 rings (SSSR count). The fourth-order valence-corrected chi connectivity index (χ4v) is 4.36. The number of hydrogen-bond acceptors (Lipinski definition) is 3. The van der Waals surface area contributed by atoms with E-state index in [0.29, 0.717) is 0 Å². The van der Waals surface area contributed by atoms with Crippen molar-refractivity contribution >= 4 is 32.8 Å². The van der Waals surface area contributed by atoms with Gasteiger partial charge >= 0.3 is 5.97 Å². The lowest BCUT2D eigenvalue weighted by Gasteiger charge is -2.37. The topological polar surface area (TPSA) is 54.1 Å². The maximum Gasteiger partial charge on any atom is 0.328 e. The summed E-state index contributed by atoms with van der Waals surface area (Å²) in [6.07, 6.45) is 1.50. The molecule has 2 N–H and O–H groups in total. The Balaban J connectivity index is 1.58. The number of H-pyrrole nitrogens is 1. The minimum Gasteiger partial charge on any atom is -0.454 e. The number of ether oxygens (including phenoxy) is 1. The molecule has 0 aliphatic carbocycles. The highest BCUT2D eigenvalue weighted by Gasteiger charge is 2.40. The van der Waals surface area contributed by atoms with E-state index in [-0.39, 0.29) is 18.1 Å². The molecule has 0 spiro atoms. The predicted octanol–water partition coefficient (Wildman–Crippen LogP) is 5.60. The molecule has 1 aliphatic rings. The molecule has 5 heteroatoms. The number of benzene rings is 3. The van der Waals surface area contributed by atoms with Crippen molar-refractivity contribution in [3.63, 3.8) is 0 Å². The third-order valence-electron chi connectivity index (χ3n) is 5.40. The van der Waals surface area contributed by atoms with Crippen molar-refractivity contribution in [2.75, 3.05) is 0 Å². The summed E-state index contributed by atoms with van der Waals surface area (Å²) in [7, 11) is 0. The van der Waals surface area contributed by atoms with Crippen LogP contribution in [-0.2, 0) is 9.53 Å². The second-order valence-corrected chi connectivity index (χ2v) is 8.11. The largest absolute Gasteiger partial charge is 0.454 e. The van der Waals surface area contributed by atoms with Crippen molar-refractivity contribution in [2.24, 2.45) is 0 Å². The van der Waals surface area contributed by atoms with E-state index < -0.39 is 6.04 Å². The van der Waals surface area contributed by atoms with E-state index in [1.54, 1.807) is 0 Å². The van der Waals surface area contributed by atoms with Crippen LogP contribution in [0.15, 0.2) is 89.5 Å². The standard InChI is InChI=1S/C24H19BrN2O2/c25-17-11-12-20-18(13-17)19(14-26-20)22-24(28)29-23(16-9-5-2-6-10-16)21(27-22)15-7-3-1-4-8-15/h1-14,21-23,26-27H/t21-,22-,23+/m0/s1. The van der Waals surface area contributed by atoms with Crippen LogP contribution >= 0.6 is 15.9 Å². The van der Waals surface area contributed by atoms with Gasteiger partial charge in [0.05, 0.1) is 6.04 Å². The molecular weight excluding hydrogens is 428 g/mol. The van der Waals surface area contributed by atoms with Gasteiger partial charge in [0, 0.05) is 27.1 Å². The summed E-state index contributed by atoms with van der Waals surface area (Å²) in [6.45, 7) is 0. The van der Waals surface area contributed by atoms with Gasteiger partial charge in [-0.05, 0) is 29.3 Å². The maximum atomic E-state index is 13.1. The van der Waals surface area contributed by atoms with Crippen molar-refractivity contribution in [1.82, 2.24) is 10.3 Å². The highest BCUT2D eigenvalue weighted by Crippen LogP contribution is 2.40. The smallest absolute Gasteiger partial charge is 0.328 e. The fourth-order valence-electron chi connectivity index (χ4n) is 4.00. The Morgan fingerprint density at radius 2 is 1.55 bits per heavy atom. The van der Waals surface area contributed by atoms with Crippen molar-refractivity contribution in [3.8, 4) is 0 Å². The number of halogens is 1. The number of carbonyl (C=O) groups excluding carboxylic acids is 1. The SMILES string of the molecule is O=C1O[C@H](c2ccccc2)[C@H](c2ccccc2)N[C@H]1c1c[nH]c2ccc(Br)cc12. The Morgan fingerprint density at radius 3 is 2.28 bits per heavy atom. The Hall–Kier alpha value is -2.89. The molecule has 0 amide bonds. The average molecular weight is 447 g/mol. The Bertz CT molecular complexity index is 1160. The molecule has 1 fully saturated rings. The van der Waals surface area contributed by atoms with Crippen LogP contribution in [0.2, 0.25) is 0 Å². The van der Waals surface area contributed by atoms with Gasteiger partial charge in [0.1, 0.15) is 12.1 Å². The van der Waals surface area contributed by atoms with E-state index in [1.165, 1.54) is 0 Å². The van der Waals surface area contributed by atoms with Crippen molar-refractivity contribution in [2.45, 2.75) is 18.2 Å². The van der Waals surface area contributed by atoms with Crippen LogP contribution in [-0.4, -0.2) is 11.0 Å². The zero-order chi connectivity index (χ0) is 19.8. The molecule has 3 atom stereocenters. The van der Waals surface area contributed by atoms with Gasteiger partial charge in [-0.2, -0.15) is 0 Å². The highest BCUT2D eigenvalue weighted by atomic mass is 79.9. The number of cyclic esters (lactones) is 1. The van der Waals surface area contributed by atoms with Gasteiger partial charge in [-0.3, -0.25) is 5.32 Å². The third kappa shape index (κ3) is 3.37. The Morgan fingerprint density at radius 1 is 0.862 bits per heavy atom. The molecule has 3 aromatic carbocycles. The lowest BCUT2D eigenvalue weighted by molar-refractivity contribution is -0.161. The molecule has 29 heavy (non-hydrogen) atoms. The number of morpholine rings is 1. The highest BCUT2D eigenvalue weighted by molar-refractivity contribution is 9.10. The maximum absolute atomic E-state index is 13.1. The first-order valence-electron chi connectivity index (χ1n) is 9.54. The Labute approximate surface area is 177 Å². The second kappa shape index (κ2) is 7.50. The van der Waals surface area contributed by atoms with Crippen LogP contribution in [0.1, 0.15) is 34.9 Å². The molecule has 0 saturated carbocycles. The van der Waals surface area contributed by atoms with E-state index in [0.717, 1.165) is 32.1 Å². The zero-order valence-electron chi connectivity index (χ0n) is 15.5. The van der Waals surface area contributed by atoms with Gasteiger partial charge in [0.25, 0.3) is 0 Å². The molecular formula is C24H19BrN2O2. The molecule has 1 aromatic heterocycles. The van der Waals surface area contributed by atoms with Crippen molar-refractivity contribution in [1.29, 1.82) is 0 Å². The van der Waals surface area contributed by atoms with E-state index in [9.17, 15) is 4.79 Å². The van der Waals surface area contributed by atoms with Crippen LogP contribution in [0.4, 0.5) is 0 Å². The van der Waals surface area contributed by atoms with Gasteiger partial charge in [0.2, 0.25) is 0 Å². The zero-order valence-corrected chi connectivity index (χ0v) is 17.1. The molecule has 0 unspecified atom stereocenters. The molecule has 144 valence electrons. The number of aromatic amines is 1. The summed E-state index contributed by atoms with van der Waals surface area (Å²) >= 11 is 3.53. The normalized spacial score (nSPS) is 21.8. The van der Waals surface area contributed by atoms with Crippen LogP contribution in [0.3, 0.4) is 0 Å². The minimum atomic E-state index is -0.553. The minimum absolute atomic E-state index is 0.154. The average Bonchev–Trinajstić information content (AvgIpc) is 3.17. The van der Waals surface area contributed by atoms with E-state index >= 15 is 0 Å². The van der Waals surface area contributed by atoms with Crippen molar-refractivity contribution in [3.05, 3.63) is 106 Å². The molecule has 0 radical (unpaired) electrons. The first-order valence-corrected chi connectivity index (χ1v) is 10.3. The fraction of sp³-hybridized carbons (Fsp3) is 0.125. The van der Waals surface area contributed by atoms with E-state index in [4.69, 9.17) is 4.74 Å². The number of aromatic nitrogens is 1.